The highest BCUT2D eigenvalue weighted by molar-refractivity contribution is 5.77. The number of nitrogens with one attached hydrogen (secondary N) is 1. The second kappa shape index (κ2) is 9.17. The summed E-state index contributed by atoms with van der Waals surface area (Å²) in [6, 6.07) is 15.2. The van der Waals surface area contributed by atoms with Gasteiger partial charge in [-0.3, -0.25) is 14.2 Å². The smallest absolute Gasteiger partial charge is 0.261 e. The minimum Gasteiger partial charge on any atom is -0.497 e. The van der Waals surface area contributed by atoms with Gasteiger partial charge in [0.15, 0.2) is 0 Å². The Hall–Kier alpha value is -3.15. The summed E-state index contributed by atoms with van der Waals surface area (Å²) in [5, 5.41) is 3.57. The number of carbonyl (C=O) groups is 1. The van der Waals surface area contributed by atoms with Gasteiger partial charge in [-0.2, -0.15) is 0 Å². The van der Waals surface area contributed by atoms with Gasteiger partial charge in [-0.15, -0.1) is 0 Å². The van der Waals surface area contributed by atoms with Gasteiger partial charge in [0.05, 0.1) is 24.3 Å². The first-order valence-electron chi connectivity index (χ1n) is 9.43. The molecule has 0 fully saturated rings. The fraction of sp³-hybridized carbons (Fsp3) is 0.318. The number of aryl methyl sites for hydroxylation is 2. The topological polar surface area (TPSA) is 73.2 Å². The zero-order valence-electron chi connectivity index (χ0n) is 16.2. The summed E-state index contributed by atoms with van der Waals surface area (Å²) < 4.78 is 6.65. The minimum atomic E-state index is -0.119. The number of methoxy groups -OCH3 is 1. The number of nitrogens with zero attached hydrogens (tertiary/aromatic N) is 2. The number of aromatic nitrogens is 2. The first-order chi connectivity index (χ1) is 13.6. The van der Waals surface area contributed by atoms with Crippen LogP contribution in [0.15, 0.2) is 59.7 Å². The highest BCUT2D eigenvalue weighted by Crippen LogP contribution is 2.13. The summed E-state index contributed by atoms with van der Waals surface area (Å²) in [5.41, 5.74) is 1.75. The lowest BCUT2D eigenvalue weighted by Gasteiger charge is -2.14. The molecular weight excluding hydrogens is 354 g/mol. The van der Waals surface area contributed by atoms with Gasteiger partial charge >= 0.3 is 0 Å². The van der Waals surface area contributed by atoms with Crippen LogP contribution in [-0.4, -0.2) is 28.6 Å². The second-order valence-electron chi connectivity index (χ2n) is 6.87. The van der Waals surface area contributed by atoms with Crippen molar-refractivity contribution in [2.24, 2.45) is 0 Å². The number of para-hydroxylation sites is 1. The van der Waals surface area contributed by atoms with Crippen LogP contribution in [0.1, 0.15) is 25.3 Å². The summed E-state index contributed by atoms with van der Waals surface area (Å²) in [6.45, 7) is 2.30. The van der Waals surface area contributed by atoms with Crippen LogP contribution in [0.4, 0.5) is 0 Å². The van der Waals surface area contributed by atoms with Gasteiger partial charge in [0.1, 0.15) is 5.75 Å². The Morgan fingerprint density at radius 2 is 1.93 bits per heavy atom. The van der Waals surface area contributed by atoms with Gasteiger partial charge in [-0.05, 0) is 49.6 Å². The fourth-order valence-corrected chi connectivity index (χ4v) is 3.08. The lowest BCUT2D eigenvalue weighted by atomic mass is 10.1. The molecule has 28 heavy (non-hydrogen) atoms. The van der Waals surface area contributed by atoms with Crippen molar-refractivity contribution in [1.82, 2.24) is 14.9 Å². The molecule has 6 nitrogen and oxygen atoms in total. The number of benzene rings is 2. The lowest BCUT2D eigenvalue weighted by Crippen LogP contribution is -2.34. The zero-order valence-corrected chi connectivity index (χ0v) is 16.2. The number of hydrogen-bond acceptors (Lipinski definition) is 4. The van der Waals surface area contributed by atoms with E-state index in [1.54, 1.807) is 19.2 Å². The van der Waals surface area contributed by atoms with E-state index in [-0.39, 0.29) is 23.9 Å². The molecule has 0 aliphatic heterocycles. The molecule has 0 bridgehead atoms. The molecule has 1 atom stereocenters. The maximum atomic E-state index is 12.5. The number of ether oxygens (including phenoxy) is 1. The monoisotopic (exact) mass is 379 g/mol. The molecule has 0 saturated heterocycles. The number of fused-ring (bicyclic) bond motifs is 1. The molecule has 6 heteroatoms. The molecule has 1 heterocycles. The Kier molecular flexibility index (Phi) is 6.42. The van der Waals surface area contributed by atoms with Crippen LogP contribution in [0.3, 0.4) is 0 Å². The summed E-state index contributed by atoms with van der Waals surface area (Å²) >= 11 is 0. The molecule has 0 aliphatic rings. The molecule has 1 amide bonds. The number of hydrogen-bond donors (Lipinski definition) is 1. The molecule has 146 valence electrons. The number of rotatable bonds is 8. The third-order valence-corrected chi connectivity index (χ3v) is 4.74. The molecule has 3 rings (SSSR count). The van der Waals surface area contributed by atoms with Crippen LogP contribution in [0.25, 0.3) is 10.9 Å². The van der Waals surface area contributed by atoms with Gasteiger partial charge in [0.2, 0.25) is 5.91 Å². The Balaban J connectivity index is 1.48. The highest BCUT2D eigenvalue weighted by atomic mass is 16.5. The van der Waals surface area contributed by atoms with E-state index in [0.717, 1.165) is 18.6 Å². The molecule has 0 radical (unpaired) electrons. The number of amides is 1. The Morgan fingerprint density at radius 3 is 2.68 bits per heavy atom. The van der Waals surface area contributed by atoms with Crippen LogP contribution in [-0.2, 0) is 17.8 Å². The molecule has 3 aromatic rings. The summed E-state index contributed by atoms with van der Waals surface area (Å²) in [4.78, 5) is 29.0. The molecule has 2 aromatic carbocycles. The SMILES string of the molecule is COc1ccc(CCC(C)NC(=O)CCn2cnc3ccccc3c2=O)cc1. The largest absolute Gasteiger partial charge is 0.497 e. The van der Waals surface area contributed by atoms with Gasteiger partial charge < -0.3 is 10.1 Å². The maximum Gasteiger partial charge on any atom is 0.261 e. The quantitative estimate of drug-likeness (QED) is 0.653. The van der Waals surface area contributed by atoms with Crippen LogP contribution in [0.2, 0.25) is 0 Å². The van der Waals surface area contributed by atoms with Gasteiger partial charge in [-0.1, -0.05) is 24.3 Å². The molecule has 1 N–H and O–H groups in total. The van der Waals surface area contributed by atoms with Crippen molar-refractivity contribution in [2.75, 3.05) is 7.11 Å². The summed E-state index contributed by atoms with van der Waals surface area (Å²) in [6.07, 6.45) is 3.47. The van der Waals surface area contributed by atoms with E-state index in [1.165, 1.54) is 16.5 Å². The van der Waals surface area contributed by atoms with Crippen LogP contribution in [0.5, 0.6) is 5.75 Å². The van der Waals surface area contributed by atoms with E-state index >= 15 is 0 Å². The number of carbonyl (C=O) groups excluding carboxylic acids is 1. The van der Waals surface area contributed by atoms with E-state index in [4.69, 9.17) is 4.74 Å². The summed E-state index contributed by atoms with van der Waals surface area (Å²) in [7, 11) is 1.65. The summed E-state index contributed by atoms with van der Waals surface area (Å²) in [5.74, 6) is 0.769. The Labute approximate surface area is 164 Å². The maximum absolute atomic E-state index is 12.5. The van der Waals surface area contributed by atoms with E-state index in [2.05, 4.69) is 10.3 Å². The molecule has 0 saturated carbocycles. The van der Waals surface area contributed by atoms with Crippen molar-refractivity contribution in [3.8, 4) is 5.75 Å². The highest BCUT2D eigenvalue weighted by Gasteiger charge is 2.10. The van der Waals surface area contributed by atoms with Crippen LogP contribution < -0.4 is 15.6 Å². The van der Waals surface area contributed by atoms with Crippen molar-refractivity contribution in [3.63, 3.8) is 0 Å². The predicted molar refractivity (Wildman–Crippen MR) is 110 cm³/mol. The standard InChI is InChI=1S/C22H25N3O3/c1-16(7-8-17-9-11-18(28-2)12-10-17)24-21(26)13-14-25-15-23-20-6-4-3-5-19(20)22(25)27/h3-6,9-12,15-16H,7-8,13-14H2,1-2H3,(H,24,26). The molecular formula is C22H25N3O3. The zero-order chi connectivity index (χ0) is 19.9. The van der Waals surface area contributed by atoms with E-state index in [9.17, 15) is 9.59 Å². The average Bonchev–Trinajstić information content (AvgIpc) is 2.72. The lowest BCUT2D eigenvalue weighted by molar-refractivity contribution is -0.121. The second-order valence-corrected chi connectivity index (χ2v) is 6.87. The first kappa shape index (κ1) is 19.6. The molecule has 1 aromatic heterocycles. The predicted octanol–water partition coefficient (Wildman–Crippen LogP) is 2.93. The Bertz CT molecular complexity index is 996. The third kappa shape index (κ3) is 4.97. The van der Waals surface area contributed by atoms with Crippen molar-refractivity contribution >= 4 is 16.8 Å². The molecule has 0 spiro atoms. The molecule has 1 unspecified atom stereocenters. The van der Waals surface area contributed by atoms with Crippen molar-refractivity contribution in [3.05, 3.63) is 70.8 Å². The minimum absolute atomic E-state index is 0.0565. The van der Waals surface area contributed by atoms with E-state index in [1.807, 2.05) is 43.3 Å². The van der Waals surface area contributed by atoms with Crippen molar-refractivity contribution in [2.45, 2.75) is 38.8 Å². The van der Waals surface area contributed by atoms with Gasteiger partial charge in [0, 0.05) is 19.0 Å². The van der Waals surface area contributed by atoms with E-state index < -0.39 is 0 Å². The van der Waals surface area contributed by atoms with Gasteiger partial charge in [0.25, 0.3) is 5.56 Å². The van der Waals surface area contributed by atoms with Crippen molar-refractivity contribution < 1.29 is 9.53 Å². The average molecular weight is 379 g/mol. The fourth-order valence-electron chi connectivity index (χ4n) is 3.08. The van der Waals surface area contributed by atoms with Crippen molar-refractivity contribution in [1.29, 1.82) is 0 Å². The Morgan fingerprint density at radius 1 is 1.18 bits per heavy atom. The first-order valence-corrected chi connectivity index (χ1v) is 9.43. The van der Waals surface area contributed by atoms with Crippen LogP contribution >= 0.6 is 0 Å². The van der Waals surface area contributed by atoms with Crippen LogP contribution in [0, 0.1) is 0 Å². The normalized spacial score (nSPS) is 11.9. The van der Waals surface area contributed by atoms with E-state index in [0.29, 0.717) is 17.4 Å². The molecule has 0 aliphatic carbocycles. The van der Waals surface area contributed by atoms with Gasteiger partial charge in [-0.25, -0.2) is 4.98 Å². The third-order valence-electron chi connectivity index (χ3n) is 4.74.